The number of nitrogens with one attached hydrogen (secondary N) is 1. The van der Waals surface area contributed by atoms with Gasteiger partial charge in [0.2, 0.25) is 0 Å². The molecule has 24 heavy (non-hydrogen) atoms. The zero-order valence-corrected chi connectivity index (χ0v) is 14.2. The van der Waals surface area contributed by atoms with E-state index < -0.39 is 0 Å². The molecule has 124 valence electrons. The second-order valence-corrected chi connectivity index (χ2v) is 5.94. The number of nitrogens with zero attached hydrogens (tertiary/aromatic N) is 2. The molecule has 4 nitrogen and oxygen atoms in total. The largest absolute Gasteiger partial charge is 0.375 e. The molecule has 1 aliphatic heterocycles. The van der Waals surface area contributed by atoms with Crippen molar-refractivity contribution < 1.29 is 4.79 Å². The second kappa shape index (κ2) is 7.21. The van der Waals surface area contributed by atoms with Crippen LogP contribution in [0.1, 0.15) is 17.3 Å². The number of hydrogen-bond donors (Lipinski definition) is 1. The maximum Gasteiger partial charge on any atom is 0.255 e. The molecule has 1 amide bonds. The molecule has 0 bridgehead atoms. The molecule has 2 aromatic carbocycles. The Bertz CT molecular complexity index is 729. The lowest BCUT2D eigenvalue weighted by atomic mass is 10.1. The molecule has 1 aliphatic rings. The third-order valence-electron chi connectivity index (χ3n) is 4.33. The summed E-state index contributed by atoms with van der Waals surface area (Å²) in [6.45, 7) is 4.89. The number of rotatable bonds is 5. The van der Waals surface area contributed by atoms with Crippen molar-refractivity contribution in [3.05, 3.63) is 66.2 Å². The number of hydrogen-bond acceptors (Lipinski definition) is 3. The summed E-state index contributed by atoms with van der Waals surface area (Å²) in [7, 11) is 2.03. The van der Waals surface area contributed by atoms with Gasteiger partial charge in [0.25, 0.3) is 5.91 Å². The monoisotopic (exact) mass is 321 g/mol. The molecule has 4 heteroatoms. The van der Waals surface area contributed by atoms with Crippen LogP contribution in [0, 0.1) is 0 Å². The molecule has 0 saturated heterocycles. The van der Waals surface area contributed by atoms with Crippen LogP contribution in [0.5, 0.6) is 0 Å². The number of carbonyl (C=O) groups is 1. The van der Waals surface area contributed by atoms with Crippen molar-refractivity contribution in [1.82, 2.24) is 0 Å². The summed E-state index contributed by atoms with van der Waals surface area (Å²) in [6, 6.07) is 15.7. The second-order valence-electron chi connectivity index (χ2n) is 5.94. The van der Waals surface area contributed by atoms with Crippen LogP contribution in [-0.2, 0) is 0 Å². The minimum Gasteiger partial charge on any atom is -0.375 e. The van der Waals surface area contributed by atoms with Crippen molar-refractivity contribution in [2.75, 3.05) is 41.8 Å². The molecular weight excluding hydrogens is 298 g/mol. The van der Waals surface area contributed by atoms with Crippen LogP contribution < -0.4 is 15.1 Å². The van der Waals surface area contributed by atoms with E-state index in [0.717, 1.165) is 36.7 Å². The summed E-state index contributed by atoms with van der Waals surface area (Å²) in [5.41, 5.74) is 3.71. The van der Waals surface area contributed by atoms with Crippen LogP contribution in [0.4, 0.5) is 17.1 Å². The fraction of sp³-hybridized carbons (Fsp3) is 0.250. The lowest BCUT2D eigenvalue weighted by Gasteiger charge is -2.18. The first-order valence-electron chi connectivity index (χ1n) is 8.30. The van der Waals surface area contributed by atoms with Gasteiger partial charge in [-0.15, -0.1) is 0 Å². The van der Waals surface area contributed by atoms with E-state index in [4.69, 9.17) is 0 Å². The molecule has 0 aliphatic carbocycles. The first kappa shape index (κ1) is 16.1. The number of amides is 1. The van der Waals surface area contributed by atoms with Crippen molar-refractivity contribution in [3.8, 4) is 0 Å². The fourth-order valence-electron chi connectivity index (χ4n) is 2.72. The van der Waals surface area contributed by atoms with Crippen LogP contribution in [0.3, 0.4) is 0 Å². The molecule has 0 atom stereocenters. The van der Waals surface area contributed by atoms with Gasteiger partial charge in [-0.05, 0) is 49.4 Å². The van der Waals surface area contributed by atoms with Gasteiger partial charge in [0.05, 0.1) is 0 Å². The predicted octanol–water partition coefficient (Wildman–Crippen LogP) is 3.77. The van der Waals surface area contributed by atoms with Gasteiger partial charge in [0.1, 0.15) is 0 Å². The first-order chi connectivity index (χ1) is 11.7. The van der Waals surface area contributed by atoms with E-state index in [9.17, 15) is 4.79 Å². The highest BCUT2D eigenvalue weighted by molar-refractivity contribution is 6.04. The molecule has 1 heterocycles. The quantitative estimate of drug-likeness (QED) is 0.852. The number of carbonyl (C=O) groups excluding carboxylic acids is 1. The van der Waals surface area contributed by atoms with Crippen LogP contribution in [0.2, 0.25) is 0 Å². The Morgan fingerprint density at radius 2 is 1.83 bits per heavy atom. The normalized spacial score (nSPS) is 13.2. The summed E-state index contributed by atoms with van der Waals surface area (Å²) in [4.78, 5) is 16.8. The molecule has 0 fully saturated rings. The molecule has 0 spiro atoms. The summed E-state index contributed by atoms with van der Waals surface area (Å²) in [5.74, 6) is -0.0857. The number of anilines is 3. The summed E-state index contributed by atoms with van der Waals surface area (Å²) in [6.07, 6.45) is 4.31. The molecule has 0 aromatic heterocycles. The Morgan fingerprint density at radius 3 is 2.50 bits per heavy atom. The Morgan fingerprint density at radius 1 is 1.12 bits per heavy atom. The van der Waals surface area contributed by atoms with Crippen LogP contribution in [0.15, 0.2) is 60.7 Å². The molecule has 0 unspecified atom stereocenters. The van der Waals surface area contributed by atoms with Crippen LogP contribution >= 0.6 is 0 Å². The minimum atomic E-state index is -0.0857. The molecule has 3 rings (SSSR count). The smallest absolute Gasteiger partial charge is 0.255 e. The average molecular weight is 321 g/mol. The van der Waals surface area contributed by atoms with Crippen molar-refractivity contribution in [2.24, 2.45) is 0 Å². The van der Waals surface area contributed by atoms with E-state index in [1.165, 1.54) is 0 Å². The van der Waals surface area contributed by atoms with Crippen molar-refractivity contribution >= 4 is 23.0 Å². The lowest BCUT2D eigenvalue weighted by molar-refractivity contribution is 0.102. The minimum absolute atomic E-state index is 0.0857. The van der Waals surface area contributed by atoms with E-state index in [-0.39, 0.29) is 5.91 Å². The Balaban J connectivity index is 1.68. The van der Waals surface area contributed by atoms with Gasteiger partial charge in [0, 0.05) is 49.3 Å². The molecule has 2 aromatic rings. The predicted molar refractivity (Wildman–Crippen MR) is 101 cm³/mol. The van der Waals surface area contributed by atoms with Gasteiger partial charge in [-0.3, -0.25) is 4.79 Å². The number of benzene rings is 2. The van der Waals surface area contributed by atoms with Gasteiger partial charge in [0.15, 0.2) is 0 Å². The molecular formula is C20H23N3O. The van der Waals surface area contributed by atoms with Crippen molar-refractivity contribution in [3.63, 3.8) is 0 Å². The van der Waals surface area contributed by atoms with Crippen LogP contribution in [-0.4, -0.2) is 32.6 Å². The topological polar surface area (TPSA) is 35.6 Å². The fourth-order valence-corrected chi connectivity index (χ4v) is 2.72. The lowest BCUT2D eigenvalue weighted by Crippen LogP contribution is -2.19. The van der Waals surface area contributed by atoms with Gasteiger partial charge in [-0.1, -0.05) is 18.2 Å². The van der Waals surface area contributed by atoms with Gasteiger partial charge >= 0.3 is 0 Å². The third kappa shape index (κ3) is 3.59. The highest BCUT2D eigenvalue weighted by Crippen LogP contribution is 2.20. The summed E-state index contributed by atoms with van der Waals surface area (Å²) in [5, 5.41) is 2.98. The Labute approximate surface area is 143 Å². The highest BCUT2D eigenvalue weighted by atomic mass is 16.1. The van der Waals surface area contributed by atoms with Crippen LogP contribution in [0.25, 0.3) is 0 Å². The first-order valence-corrected chi connectivity index (χ1v) is 8.30. The van der Waals surface area contributed by atoms with E-state index in [0.29, 0.717) is 5.56 Å². The maximum absolute atomic E-state index is 12.4. The molecule has 0 radical (unpaired) electrons. The summed E-state index contributed by atoms with van der Waals surface area (Å²) < 4.78 is 0. The van der Waals surface area contributed by atoms with E-state index in [1.807, 2.05) is 55.6 Å². The van der Waals surface area contributed by atoms with Gasteiger partial charge in [-0.25, -0.2) is 0 Å². The SMILES string of the molecule is CCN(C)c1cccc(NC(=O)c2ccc(N3CC=CC3)cc2)c1. The zero-order chi connectivity index (χ0) is 16.9. The zero-order valence-electron chi connectivity index (χ0n) is 14.2. The van der Waals surface area contributed by atoms with Gasteiger partial charge in [-0.2, -0.15) is 0 Å². The molecule has 1 N–H and O–H groups in total. The maximum atomic E-state index is 12.4. The summed E-state index contributed by atoms with van der Waals surface area (Å²) >= 11 is 0. The average Bonchev–Trinajstić information content (AvgIpc) is 3.16. The van der Waals surface area contributed by atoms with Crippen molar-refractivity contribution in [1.29, 1.82) is 0 Å². The standard InChI is InChI=1S/C20H23N3O/c1-3-22(2)19-8-6-7-17(15-19)21-20(24)16-9-11-18(12-10-16)23-13-4-5-14-23/h4-12,15H,3,13-14H2,1-2H3,(H,21,24). The highest BCUT2D eigenvalue weighted by Gasteiger charge is 2.10. The Hall–Kier alpha value is -2.75. The van der Waals surface area contributed by atoms with Gasteiger partial charge < -0.3 is 15.1 Å². The van der Waals surface area contributed by atoms with Crippen molar-refractivity contribution in [2.45, 2.75) is 6.92 Å². The van der Waals surface area contributed by atoms with E-state index in [1.54, 1.807) is 0 Å². The molecule has 0 saturated carbocycles. The Kier molecular flexibility index (Phi) is 4.85. The van der Waals surface area contributed by atoms with E-state index in [2.05, 4.69) is 34.2 Å². The third-order valence-corrected chi connectivity index (χ3v) is 4.33. The van der Waals surface area contributed by atoms with E-state index >= 15 is 0 Å².